The van der Waals surface area contributed by atoms with Crippen LogP contribution in [0.15, 0.2) is 446 Å². The van der Waals surface area contributed by atoms with E-state index < -0.39 is 0 Å². The predicted molar refractivity (Wildman–Crippen MR) is 525 cm³/mol. The van der Waals surface area contributed by atoms with Gasteiger partial charge in [-0.05, 0) is 220 Å². The van der Waals surface area contributed by atoms with E-state index in [0.717, 1.165) is 178 Å². The van der Waals surface area contributed by atoms with Gasteiger partial charge in [-0.3, -0.25) is 0 Å². The number of para-hydroxylation sites is 10. The van der Waals surface area contributed by atoms with Gasteiger partial charge in [-0.1, -0.05) is 249 Å². The summed E-state index contributed by atoms with van der Waals surface area (Å²) >= 11 is 0. The minimum Gasteiger partial charge on any atom is -0.456 e. The van der Waals surface area contributed by atoms with Crippen molar-refractivity contribution in [2.45, 2.75) is 0 Å². The van der Waals surface area contributed by atoms with Crippen LogP contribution < -0.4 is 9.80 Å². The fourth-order valence-electron chi connectivity index (χ4n) is 18.7. The maximum atomic E-state index is 6.49. The molecule has 0 aliphatic rings. The molecule has 0 N–H and O–H groups in total. The number of aromatic nitrogens is 12. The lowest BCUT2D eigenvalue weighted by molar-refractivity contribution is 0.623. The molecule has 0 unspecified atom stereocenters. The second kappa shape index (κ2) is 30.6. The molecule has 0 saturated carbocycles. The molecule has 0 bridgehead atoms. The zero-order valence-corrected chi connectivity index (χ0v) is 69.1. The standard InChI is InChI=1S/C39H25N5O.C38H24N4O.C36H23N5/c1-4-10-28(11-5-1)39-40-35-22-19-27-17-16-26-18-20-31(24-33(26)37(27)38(35)45-39)43(29-12-6-2-7-13-29)32-21-23-34-36(25-32)42-44(41-34)30-14-8-3-9-15-30;1-3-9-27(10-4-1)41(30-20-21-33-34(24-30)40-42(39-33)28-11-5-2-6-12-28)29-19-17-25-15-16-26-18-22-36-38(37(26)32(25)23-29)31-13-7-8-14-35(31)43-36;1-2-12-24(13-3-1)41-37-30-22-25(39-31-18-8-4-14-26(31)27-15-5-9-19-32(27)39)23-35(36(30)38-41)40-33-20-10-6-16-28(33)29-17-7-11-21-34(29)40/h1-25H;1-24H;1-23H. The Balaban J connectivity index is 0.000000105. The van der Waals surface area contributed by atoms with E-state index in [-0.39, 0.29) is 0 Å². The smallest absolute Gasteiger partial charge is 0.227 e. The van der Waals surface area contributed by atoms with E-state index in [9.17, 15) is 0 Å². The van der Waals surface area contributed by atoms with Crippen LogP contribution in [0.3, 0.4) is 0 Å². The van der Waals surface area contributed by atoms with E-state index in [2.05, 4.69) is 292 Å². The first-order chi connectivity index (χ1) is 63.9. The maximum absolute atomic E-state index is 6.49. The summed E-state index contributed by atoms with van der Waals surface area (Å²) in [5.41, 5.74) is 25.0. The van der Waals surface area contributed by atoms with Gasteiger partial charge in [0.1, 0.15) is 49.8 Å². The summed E-state index contributed by atoms with van der Waals surface area (Å²) < 4.78 is 17.5. The monoisotopic (exact) mass is 1660 g/mol. The van der Waals surface area contributed by atoms with Gasteiger partial charge in [-0.2, -0.15) is 14.4 Å². The number of benzene rings is 20. The number of fused-ring (bicyclic) bond motifs is 21. The number of hydrogen-bond donors (Lipinski definition) is 0. The third-order valence-corrected chi connectivity index (χ3v) is 24.5. The molecule has 7 heterocycles. The summed E-state index contributed by atoms with van der Waals surface area (Å²) in [6, 6.07) is 151. The van der Waals surface area contributed by atoms with E-state index in [1.807, 2.05) is 164 Å². The van der Waals surface area contributed by atoms with E-state index >= 15 is 0 Å². The first kappa shape index (κ1) is 73.8. The number of anilines is 6. The SMILES string of the molecule is c1ccc(-c2nc3ccc4ccc5ccc(N(c6ccccc6)c6ccc7nn(-c8ccccc8)nc7c6)cc5c4c3o2)cc1.c1ccc(-n2nc3cc(-n4c5ccccc5c5ccccc54)cc(-n4c5ccccc5c5ccccc54)c3n2)cc1.c1ccc(N(c2ccc3nn(-c4ccccc4)nc3c2)c2ccc3ccc4ccc5oc6ccccc6c5c4c3c2)cc1. The first-order valence-corrected chi connectivity index (χ1v) is 43.0. The number of oxazole rings is 1. The Labute approximate surface area is 736 Å². The lowest BCUT2D eigenvalue weighted by atomic mass is 9.97. The van der Waals surface area contributed by atoms with Crippen molar-refractivity contribution >= 4 is 187 Å². The minimum absolute atomic E-state index is 0.619. The molecule has 0 aliphatic heterocycles. The van der Waals surface area contributed by atoms with Crippen molar-refractivity contribution in [3.05, 3.63) is 437 Å². The second-order valence-corrected chi connectivity index (χ2v) is 32.2. The van der Waals surface area contributed by atoms with Crippen molar-refractivity contribution in [1.82, 2.24) is 59.1 Å². The third kappa shape index (κ3) is 12.8. The summed E-state index contributed by atoms with van der Waals surface area (Å²) in [6.07, 6.45) is 0. The molecule has 16 heteroatoms. The van der Waals surface area contributed by atoms with Crippen LogP contribution in [0, 0.1) is 0 Å². The largest absolute Gasteiger partial charge is 0.456 e. The molecule has 20 aromatic carbocycles. The highest BCUT2D eigenvalue weighted by Gasteiger charge is 2.25. The van der Waals surface area contributed by atoms with Crippen LogP contribution in [0.25, 0.3) is 193 Å². The molecule has 27 aromatic rings. The van der Waals surface area contributed by atoms with Gasteiger partial charge in [-0.15, -0.1) is 30.6 Å². The Morgan fingerprint density at radius 1 is 0.217 bits per heavy atom. The van der Waals surface area contributed by atoms with Gasteiger partial charge in [0.05, 0.1) is 50.5 Å². The molecule has 0 radical (unpaired) electrons. The summed E-state index contributed by atoms with van der Waals surface area (Å²) in [6.45, 7) is 0. The van der Waals surface area contributed by atoms with Crippen LogP contribution in [-0.2, 0) is 0 Å². The molecule has 0 amide bonds. The van der Waals surface area contributed by atoms with Gasteiger partial charge in [0.2, 0.25) is 5.89 Å². The third-order valence-electron chi connectivity index (χ3n) is 24.5. The van der Waals surface area contributed by atoms with Crippen LogP contribution in [0.4, 0.5) is 34.1 Å². The Morgan fingerprint density at radius 3 is 1.12 bits per heavy atom. The maximum Gasteiger partial charge on any atom is 0.227 e. The van der Waals surface area contributed by atoms with E-state index in [4.69, 9.17) is 44.4 Å². The molecule has 0 aliphatic carbocycles. The highest BCUT2D eigenvalue weighted by atomic mass is 16.3. The molecule has 0 saturated heterocycles. The van der Waals surface area contributed by atoms with Crippen molar-refractivity contribution in [3.63, 3.8) is 0 Å². The zero-order chi connectivity index (χ0) is 85.0. The molecular formula is C113H72N14O2. The molecule has 16 nitrogen and oxygen atoms in total. The summed E-state index contributed by atoms with van der Waals surface area (Å²) in [5, 5.41) is 45.5. The molecule has 0 spiro atoms. The molecule has 606 valence electrons. The van der Waals surface area contributed by atoms with Gasteiger partial charge in [-0.25, -0.2) is 4.98 Å². The van der Waals surface area contributed by atoms with Crippen LogP contribution in [0.2, 0.25) is 0 Å². The topological polar surface area (TPSA) is 148 Å². The van der Waals surface area contributed by atoms with E-state index in [1.165, 1.54) is 43.1 Å². The fourth-order valence-corrected chi connectivity index (χ4v) is 18.7. The Morgan fingerprint density at radius 2 is 0.597 bits per heavy atom. The van der Waals surface area contributed by atoms with E-state index in [1.54, 1.807) is 14.4 Å². The van der Waals surface area contributed by atoms with Gasteiger partial charge in [0.25, 0.3) is 0 Å². The Bertz CT molecular complexity index is 8930. The first-order valence-electron chi connectivity index (χ1n) is 43.0. The molecule has 27 rings (SSSR count). The molecular weight excluding hydrogens is 1590 g/mol. The van der Waals surface area contributed by atoms with Crippen molar-refractivity contribution in [2.24, 2.45) is 0 Å². The van der Waals surface area contributed by atoms with Gasteiger partial charge in [0.15, 0.2) is 5.58 Å². The zero-order valence-electron chi connectivity index (χ0n) is 69.1. The van der Waals surface area contributed by atoms with Gasteiger partial charge in [0, 0.05) is 82.8 Å². The number of rotatable bonds is 12. The summed E-state index contributed by atoms with van der Waals surface area (Å²) in [7, 11) is 0. The molecule has 7 aromatic heterocycles. The minimum atomic E-state index is 0.619. The molecule has 0 fully saturated rings. The number of nitrogens with zero attached hydrogens (tertiary/aromatic N) is 14. The average molecular weight is 1660 g/mol. The van der Waals surface area contributed by atoms with Gasteiger partial charge < -0.3 is 27.8 Å². The lowest BCUT2D eigenvalue weighted by Crippen LogP contribution is -2.09. The van der Waals surface area contributed by atoms with E-state index in [0.29, 0.717) is 5.89 Å². The van der Waals surface area contributed by atoms with Crippen LogP contribution in [-0.4, -0.2) is 59.1 Å². The second-order valence-electron chi connectivity index (χ2n) is 32.2. The quantitative estimate of drug-likeness (QED) is 0.108. The van der Waals surface area contributed by atoms with Gasteiger partial charge >= 0.3 is 0 Å². The summed E-state index contributed by atoms with van der Waals surface area (Å²) in [4.78, 5) is 14.5. The van der Waals surface area contributed by atoms with Crippen LogP contribution in [0.5, 0.6) is 0 Å². The molecule has 0 atom stereocenters. The number of furan rings is 1. The van der Waals surface area contributed by atoms with Crippen LogP contribution in [0.1, 0.15) is 0 Å². The predicted octanol–water partition coefficient (Wildman–Crippen LogP) is 28.7. The molecule has 129 heavy (non-hydrogen) atoms. The average Bonchev–Trinajstić information content (AvgIpc) is 1.46. The van der Waals surface area contributed by atoms with Crippen molar-refractivity contribution in [2.75, 3.05) is 9.80 Å². The highest BCUT2D eigenvalue weighted by Crippen LogP contribution is 2.46. The Kier molecular flexibility index (Phi) is 17.5. The lowest BCUT2D eigenvalue weighted by Gasteiger charge is -2.26. The van der Waals surface area contributed by atoms with Crippen molar-refractivity contribution < 1.29 is 8.83 Å². The number of hydrogen-bond acceptors (Lipinski definition) is 11. The van der Waals surface area contributed by atoms with Crippen LogP contribution >= 0.6 is 0 Å². The fraction of sp³-hybridized carbons (Fsp3) is 0. The van der Waals surface area contributed by atoms with Crippen molar-refractivity contribution in [3.8, 4) is 39.9 Å². The summed E-state index contributed by atoms with van der Waals surface area (Å²) in [5.74, 6) is 0.619. The normalized spacial score (nSPS) is 11.7. The Hall–Kier alpha value is -17.9. The van der Waals surface area contributed by atoms with Crippen molar-refractivity contribution in [1.29, 1.82) is 0 Å². The highest BCUT2D eigenvalue weighted by molar-refractivity contribution is 6.27.